The zero-order valence-electron chi connectivity index (χ0n) is 8.46. The summed E-state index contributed by atoms with van der Waals surface area (Å²) in [5.74, 6) is -0.0471. The van der Waals surface area contributed by atoms with E-state index >= 15 is 0 Å². The van der Waals surface area contributed by atoms with Gasteiger partial charge in [0.2, 0.25) is 5.78 Å². The average molecular weight is 271 g/mol. The third kappa shape index (κ3) is 2.14. The van der Waals surface area contributed by atoms with Crippen LogP contribution in [0.4, 0.5) is 0 Å². The van der Waals surface area contributed by atoms with Gasteiger partial charge in [-0.3, -0.25) is 4.79 Å². The summed E-state index contributed by atoms with van der Waals surface area (Å²) in [5, 5.41) is 2.82. The van der Waals surface area contributed by atoms with Crippen LogP contribution in [-0.4, -0.2) is 5.78 Å². The van der Waals surface area contributed by atoms with Crippen molar-refractivity contribution in [1.82, 2.24) is 0 Å². The maximum Gasteiger partial charge on any atom is 0.204 e. The van der Waals surface area contributed by atoms with Crippen molar-refractivity contribution in [2.45, 2.75) is 6.92 Å². The van der Waals surface area contributed by atoms with E-state index in [-0.39, 0.29) is 5.78 Å². The lowest BCUT2D eigenvalue weighted by Crippen LogP contribution is -2.01. The SMILES string of the molecule is Cc1ccsc1C(=O)c1ccc(Cl)cc1Cl. The second kappa shape index (κ2) is 4.58. The van der Waals surface area contributed by atoms with Gasteiger partial charge in [-0.2, -0.15) is 0 Å². The Morgan fingerprint density at radius 1 is 1.25 bits per heavy atom. The van der Waals surface area contributed by atoms with Crippen molar-refractivity contribution in [3.63, 3.8) is 0 Å². The summed E-state index contributed by atoms with van der Waals surface area (Å²) in [5.41, 5.74) is 1.47. The topological polar surface area (TPSA) is 17.1 Å². The lowest BCUT2D eigenvalue weighted by atomic mass is 10.1. The summed E-state index contributed by atoms with van der Waals surface area (Å²) < 4.78 is 0. The standard InChI is InChI=1S/C12H8Cl2OS/c1-7-4-5-16-12(7)11(15)9-3-2-8(13)6-10(9)14/h2-6H,1H3. The van der Waals surface area contributed by atoms with E-state index in [1.807, 2.05) is 18.4 Å². The van der Waals surface area contributed by atoms with Crippen LogP contribution in [-0.2, 0) is 0 Å². The van der Waals surface area contributed by atoms with E-state index in [1.54, 1.807) is 18.2 Å². The van der Waals surface area contributed by atoms with Gasteiger partial charge in [-0.1, -0.05) is 23.2 Å². The van der Waals surface area contributed by atoms with Gasteiger partial charge >= 0.3 is 0 Å². The normalized spacial score (nSPS) is 10.4. The number of ketones is 1. The largest absolute Gasteiger partial charge is 0.288 e. The Bertz CT molecular complexity index is 546. The van der Waals surface area contributed by atoms with Gasteiger partial charge in [0.25, 0.3) is 0 Å². The van der Waals surface area contributed by atoms with Crippen LogP contribution in [0.15, 0.2) is 29.6 Å². The number of thiophene rings is 1. The first-order chi connectivity index (χ1) is 7.59. The molecular weight excluding hydrogens is 263 g/mol. The zero-order valence-corrected chi connectivity index (χ0v) is 10.8. The second-order valence-corrected chi connectivity index (χ2v) is 5.15. The predicted octanol–water partition coefficient (Wildman–Crippen LogP) is 4.59. The van der Waals surface area contributed by atoms with E-state index in [0.29, 0.717) is 15.6 Å². The molecule has 1 aromatic heterocycles. The van der Waals surface area contributed by atoms with Gasteiger partial charge in [0.05, 0.1) is 9.90 Å². The van der Waals surface area contributed by atoms with Crippen LogP contribution in [0.2, 0.25) is 10.0 Å². The van der Waals surface area contributed by atoms with Crippen molar-refractivity contribution >= 4 is 40.3 Å². The van der Waals surface area contributed by atoms with Gasteiger partial charge < -0.3 is 0 Å². The van der Waals surface area contributed by atoms with E-state index in [0.717, 1.165) is 10.4 Å². The van der Waals surface area contributed by atoms with E-state index < -0.39 is 0 Å². The zero-order chi connectivity index (χ0) is 11.7. The van der Waals surface area contributed by atoms with Gasteiger partial charge in [-0.25, -0.2) is 0 Å². The number of rotatable bonds is 2. The molecule has 1 heterocycles. The smallest absolute Gasteiger partial charge is 0.204 e. The van der Waals surface area contributed by atoms with E-state index in [1.165, 1.54) is 11.3 Å². The number of hydrogen-bond acceptors (Lipinski definition) is 2. The molecule has 0 amide bonds. The van der Waals surface area contributed by atoms with Gasteiger partial charge in [0.1, 0.15) is 0 Å². The molecule has 0 aliphatic heterocycles. The lowest BCUT2D eigenvalue weighted by molar-refractivity contribution is 0.104. The minimum Gasteiger partial charge on any atom is -0.288 e. The molecule has 1 aromatic carbocycles. The molecule has 0 N–H and O–H groups in total. The third-order valence-electron chi connectivity index (χ3n) is 2.24. The molecule has 0 radical (unpaired) electrons. The fourth-order valence-corrected chi connectivity index (χ4v) is 2.77. The molecule has 0 atom stereocenters. The van der Waals surface area contributed by atoms with Gasteiger partial charge in [0.15, 0.2) is 0 Å². The highest BCUT2D eigenvalue weighted by atomic mass is 35.5. The second-order valence-electron chi connectivity index (χ2n) is 3.39. The molecule has 0 unspecified atom stereocenters. The van der Waals surface area contributed by atoms with Crippen LogP contribution < -0.4 is 0 Å². The van der Waals surface area contributed by atoms with Crippen molar-refractivity contribution in [2.75, 3.05) is 0 Å². The molecule has 0 aliphatic carbocycles. The molecule has 1 nitrogen and oxygen atoms in total. The number of hydrogen-bond donors (Lipinski definition) is 0. The van der Waals surface area contributed by atoms with Crippen LogP contribution in [0.1, 0.15) is 20.8 Å². The summed E-state index contributed by atoms with van der Waals surface area (Å²) in [6.07, 6.45) is 0. The minimum absolute atomic E-state index is 0.0471. The summed E-state index contributed by atoms with van der Waals surface area (Å²) in [6, 6.07) is 6.83. The Morgan fingerprint density at radius 2 is 2.00 bits per heavy atom. The molecule has 0 saturated carbocycles. The quantitative estimate of drug-likeness (QED) is 0.730. The molecule has 82 valence electrons. The predicted molar refractivity (Wildman–Crippen MR) is 69.0 cm³/mol. The molecule has 16 heavy (non-hydrogen) atoms. The van der Waals surface area contributed by atoms with Crippen LogP contribution in [0, 0.1) is 6.92 Å². The first-order valence-electron chi connectivity index (χ1n) is 4.63. The van der Waals surface area contributed by atoms with Crippen LogP contribution in [0.3, 0.4) is 0 Å². The Hall–Kier alpha value is -0.830. The Balaban J connectivity index is 2.46. The molecule has 2 aromatic rings. The third-order valence-corrected chi connectivity index (χ3v) is 3.81. The minimum atomic E-state index is -0.0471. The number of carbonyl (C=O) groups is 1. The fourth-order valence-electron chi connectivity index (χ4n) is 1.40. The Kier molecular flexibility index (Phi) is 3.33. The molecule has 0 bridgehead atoms. The number of benzene rings is 1. The maximum absolute atomic E-state index is 12.1. The highest BCUT2D eigenvalue weighted by molar-refractivity contribution is 7.12. The first kappa shape index (κ1) is 11.6. The molecule has 0 saturated heterocycles. The number of aryl methyl sites for hydroxylation is 1. The summed E-state index contributed by atoms with van der Waals surface area (Å²) in [7, 11) is 0. The monoisotopic (exact) mass is 270 g/mol. The molecular formula is C12H8Cl2OS. The van der Waals surface area contributed by atoms with E-state index in [2.05, 4.69) is 0 Å². The molecule has 4 heteroatoms. The van der Waals surface area contributed by atoms with Crippen molar-refractivity contribution in [3.8, 4) is 0 Å². The van der Waals surface area contributed by atoms with Crippen LogP contribution >= 0.6 is 34.5 Å². The van der Waals surface area contributed by atoms with Crippen molar-refractivity contribution < 1.29 is 4.79 Å². The van der Waals surface area contributed by atoms with E-state index in [4.69, 9.17) is 23.2 Å². The maximum atomic E-state index is 12.1. The van der Waals surface area contributed by atoms with Crippen molar-refractivity contribution in [2.24, 2.45) is 0 Å². The summed E-state index contributed by atoms with van der Waals surface area (Å²) in [4.78, 5) is 12.9. The average Bonchev–Trinajstić information content (AvgIpc) is 2.63. The first-order valence-corrected chi connectivity index (χ1v) is 6.27. The summed E-state index contributed by atoms with van der Waals surface area (Å²) >= 11 is 13.2. The number of halogens is 2. The van der Waals surface area contributed by atoms with Gasteiger partial charge in [-0.15, -0.1) is 11.3 Å². The molecule has 2 rings (SSSR count). The Labute approximate surface area is 108 Å². The highest BCUT2D eigenvalue weighted by Crippen LogP contribution is 2.26. The van der Waals surface area contributed by atoms with Crippen molar-refractivity contribution in [3.05, 3.63) is 55.7 Å². The Morgan fingerprint density at radius 3 is 2.56 bits per heavy atom. The van der Waals surface area contributed by atoms with Crippen LogP contribution in [0.25, 0.3) is 0 Å². The van der Waals surface area contributed by atoms with Crippen molar-refractivity contribution in [1.29, 1.82) is 0 Å². The van der Waals surface area contributed by atoms with E-state index in [9.17, 15) is 4.79 Å². The lowest BCUT2D eigenvalue weighted by Gasteiger charge is -2.03. The molecule has 0 spiro atoms. The summed E-state index contributed by atoms with van der Waals surface area (Å²) in [6.45, 7) is 1.91. The van der Waals surface area contributed by atoms with Gasteiger partial charge in [-0.05, 0) is 42.1 Å². The molecule has 0 aliphatic rings. The molecule has 0 fully saturated rings. The van der Waals surface area contributed by atoms with Crippen LogP contribution in [0.5, 0.6) is 0 Å². The number of carbonyl (C=O) groups excluding carboxylic acids is 1. The highest BCUT2D eigenvalue weighted by Gasteiger charge is 2.16. The fraction of sp³-hybridized carbons (Fsp3) is 0.0833. The van der Waals surface area contributed by atoms with Gasteiger partial charge in [0, 0.05) is 10.6 Å².